The van der Waals surface area contributed by atoms with Crippen LogP contribution in [0.2, 0.25) is 0 Å². The molecule has 0 spiro atoms. The maximum Gasteiger partial charge on any atom is 0.409 e. The molecule has 1 aliphatic heterocycles. The van der Waals surface area contributed by atoms with Gasteiger partial charge in [-0.15, -0.1) is 0 Å². The molecule has 5 nitrogen and oxygen atoms in total. The minimum Gasteiger partial charge on any atom is -0.450 e. The first-order valence-corrected chi connectivity index (χ1v) is 8.62. The van der Waals surface area contributed by atoms with Crippen molar-refractivity contribution >= 4 is 17.5 Å². The molecule has 1 aliphatic rings. The van der Waals surface area contributed by atoms with E-state index in [-0.39, 0.29) is 6.09 Å². The summed E-state index contributed by atoms with van der Waals surface area (Å²) in [6.07, 6.45) is -0.194. The van der Waals surface area contributed by atoms with Crippen molar-refractivity contribution in [1.29, 1.82) is 0 Å². The molecule has 23 heavy (non-hydrogen) atoms. The number of amides is 1. The molecule has 0 unspecified atom stereocenters. The Bertz CT molecular complexity index is 521. The van der Waals surface area contributed by atoms with Gasteiger partial charge in [-0.1, -0.05) is 0 Å². The van der Waals surface area contributed by atoms with E-state index in [1.165, 1.54) is 16.9 Å². The Balaban J connectivity index is 2.02. The molecule has 2 rings (SSSR count). The van der Waals surface area contributed by atoms with Crippen LogP contribution in [0.4, 0.5) is 16.2 Å². The molecule has 5 heteroatoms. The lowest BCUT2D eigenvalue weighted by Gasteiger charge is -2.36. The summed E-state index contributed by atoms with van der Waals surface area (Å²) in [5.74, 6) is 0. The van der Waals surface area contributed by atoms with E-state index < -0.39 is 0 Å². The molecule has 0 radical (unpaired) electrons. The van der Waals surface area contributed by atoms with E-state index in [0.717, 1.165) is 39.3 Å². The van der Waals surface area contributed by atoms with Gasteiger partial charge in [-0.25, -0.2) is 4.79 Å². The highest BCUT2D eigenvalue weighted by Crippen LogP contribution is 2.26. The van der Waals surface area contributed by atoms with E-state index in [2.05, 4.69) is 48.8 Å². The molecule has 0 atom stereocenters. The Hall–Kier alpha value is -1.91. The number of aryl methyl sites for hydroxylation is 1. The van der Waals surface area contributed by atoms with Gasteiger partial charge in [-0.2, -0.15) is 0 Å². The van der Waals surface area contributed by atoms with Crippen LogP contribution in [0.3, 0.4) is 0 Å². The third kappa shape index (κ3) is 4.09. The molecule has 1 heterocycles. The zero-order valence-corrected chi connectivity index (χ0v) is 14.8. The number of hydrogen-bond donors (Lipinski definition) is 0. The van der Waals surface area contributed by atoms with E-state index >= 15 is 0 Å². The van der Waals surface area contributed by atoms with Gasteiger partial charge in [0.25, 0.3) is 0 Å². The number of benzene rings is 1. The second-order valence-electron chi connectivity index (χ2n) is 5.82. The minimum atomic E-state index is -0.194. The number of carbonyl (C=O) groups is 1. The average Bonchev–Trinajstić information content (AvgIpc) is 2.56. The number of piperazine rings is 1. The highest BCUT2D eigenvalue weighted by atomic mass is 16.6. The molecule has 0 saturated carbocycles. The summed E-state index contributed by atoms with van der Waals surface area (Å²) in [6, 6.07) is 6.68. The smallest absolute Gasteiger partial charge is 0.409 e. The molecule has 0 N–H and O–H groups in total. The summed E-state index contributed by atoms with van der Waals surface area (Å²) in [7, 11) is 0. The van der Waals surface area contributed by atoms with Gasteiger partial charge in [0, 0.05) is 50.6 Å². The van der Waals surface area contributed by atoms with E-state index in [1.807, 2.05) is 6.92 Å². The fourth-order valence-electron chi connectivity index (χ4n) is 3.12. The lowest BCUT2D eigenvalue weighted by Crippen LogP contribution is -2.49. The fraction of sp³-hybridized carbons (Fsp3) is 0.611. The Morgan fingerprint density at radius 2 is 1.78 bits per heavy atom. The largest absolute Gasteiger partial charge is 0.450 e. The number of rotatable bonds is 5. The van der Waals surface area contributed by atoms with Gasteiger partial charge in [0.1, 0.15) is 0 Å². The molecule has 0 aromatic heterocycles. The first kappa shape index (κ1) is 17.4. The first-order chi connectivity index (χ1) is 11.1. The van der Waals surface area contributed by atoms with Crippen molar-refractivity contribution < 1.29 is 9.53 Å². The second kappa shape index (κ2) is 8.09. The van der Waals surface area contributed by atoms with Crippen molar-refractivity contribution in [3.8, 4) is 0 Å². The molecule has 1 amide bonds. The lowest BCUT2D eigenvalue weighted by molar-refractivity contribution is 0.105. The predicted molar refractivity (Wildman–Crippen MR) is 95.5 cm³/mol. The van der Waals surface area contributed by atoms with Gasteiger partial charge in [0.2, 0.25) is 0 Å². The normalized spacial score (nSPS) is 14.8. The summed E-state index contributed by atoms with van der Waals surface area (Å²) < 4.78 is 5.08. The van der Waals surface area contributed by atoms with Crippen LogP contribution in [-0.2, 0) is 4.74 Å². The van der Waals surface area contributed by atoms with E-state index in [1.54, 1.807) is 4.90 Å². The number of carbonyl (C=O) groups excluding carboxylic acids is 1. The van der Waals surface area contributed by atoms with E-state index in [4.69, 9.17) is 4.74 Å². The van der Waals surface area contributed by atoms with Crippen molar-refractivity contribution in [2.24, 2.45) is 0 Å². The van der Waals surface area contributed by atoms with Gasteiger partial charge < -0.3 is 19.4 Å². The second-order valence-corrected chi connectivity index (χ2v) is 5.82. The highest BCUT2D eigenvalue weighted by molar-refractivity contribution is 5.68. The Kier molecular flexibility index (Phi) is 6.13. The fourth-order valence-corrected chi connectivity index (χ4v) is 3.12. The number of ether oxygens (including phenoxy) is 1. The summed E-state index contributed by atoms with van der Waals surface area (Å²) in [5, 5.41) is 0. The molecule has 1 saturated heterocycles. The quantitative estimate of drug-likeness (QED) is 0.835. The Morgan fingerprint density at radius 3 is 2.30 bits per heavy atom. The third-order valence-corrected chi connectivity index (χ3v) is 4.46. The van der Waals surface area contributed by atoms with Crippen molar-refractivity contribution in [3.63, 3.8) is 0 Å². The van der Waals surface area contributed by atoms with Crippen molar-refractivity contribution in [1.82, 2.24) is 4.90 Å². The maximum absolute atomic E-state index is 11.8. The summed E-state index contributed by atoms with van der Waals surface area (Å²) in [4.78, 5) is 18.3. The van der Waals surface area contributed by atoms with Gasteiger partial charge in [0.15, 0.2) is 0 Å². The SMILES string of the molecule is CCOC(=O)N1CCN(c2ccc(N(CC)CC)cc2C)CC1. The van der Waals surface area contributed by atoms with Crippen LogP contribution in [0.1, 0.15) is 26.3 Å². The molecular weight excluding hydrogens is 290 g/mol. The maximum atomic E-state index is 11.8. The summed E-state index contributed by atoms with van der Waals surface area (Å²) in [5.41, 5.74) is 3.84. The van der Waals surface area contributed by atoms with Gasteiger partial charge in [-0.05, 0) is 51.5 Å². The zero-order chi connectivity index (χ0) is 16.8. The molecular formula is C18H29N3O2. The number of anilines is 2. The Morgan fingerprint density at radius 1 is 1.13 bits per heavy atom. The Labute approximate surface area is 139 Å². The highest BCUT2D eigenvalue weighted by Gasteiger charge is 2.22. The summed E-state index contributed by atoms with van der Waals surface area (Å²) in [6.45, 7) is 14.0. The molecule has 1 aromatic carbocycles. The van der Waals surface area contributed by atoms with Crippen LogP contribution < -0.4 is 9.80 Å². The predicted octanol–water partition coefficient (Wildman–Crippen LogP) is 3.12. The minimum absolute atomic E-state index is 0.194. The van der Waals surface area contributed by atoms with Crippen molar-refractivity contribution in [3.05, 3.63) is 23.8 Å². The van der Waals surface area contributed by atoms with Gasteiger partial charge in [-0.3, -0.25) is 0 Å². The number of hydrogen-bond acceptors (Lipinski definition) is 4. The van der Waals surface area contributed by atoms with Crippen LogP contribution in [0.5, 0.6) is 0 Å². The molecule has 128 valence electrons. The molecule has 0 aliphatic carbocycles. The zero-order valence-electron chi connectivity index (χ0n) is 14.8. The van der Waals surface area contributed by atoms with Crippen LogP contribution in [-0.4, -0.2) is 56.9 Å². The average molecular weight is 319 g/mol. The first-order valence-electron chi connectivity index (χ1n) is 8.62. The van der Waals surface area contributed by atoms with Crippen LogP contribution in [0.25, 0.3) is 0 Å². The van der Waals surface area contributed by atoms with Crippen molar-refractivity contribution in [2.45, 2.75) is 27.7 Å². The molecule has 1 aromatic rings. The van der Waals surface area contributed by atoms with E-state index in [0.29, 0.717) is 6.61 Å². The van der Waals surface area contributed by atoms with Crippen LogP contribution >= 0.6 is 0 Å². The third-order valence-electron chi connectivity index (χ3n) is 4.46. The standard InChI is InChI=1S/C18H29N3O2/c1-5-19(6-2)16-8-9-17(15(4)14-16)20-10-12-21(13-11-20)18(22)23-7-3/h8-9,14H,5-7,10-13H2,1-4H3. The molecule has 0 bridgehead atoms. The van der Waals surface area contributed by atoms with Crippen molar-refractivity contribution in [2.75, 3.05) is 55.7 Å². The number of nitrogens with zero attached hydrogens (tertiary/aromatic N) is 3. The van der Waals surface area contributed by atoms with Gasteiger partial charge >= 0.3 is 6.09 Å². The summed E-state index contributed by atoms with van der Waals surface area (Å²) >= 11 is 0. The van der Waals surface area contributed by atoms with Crippen LogP contribution in [0.15, 0.2) is 18.2 Å². The topological polar surface area (TPSA) is 36.0 Å². The molecule has 1 fully saturated rings. The van der Waals surface area contributed by atoms with Crippen LogP contribution in [0, 0.1) is 6.92 Å². The van der Waals surface area contributed by atoms with Gasteiger partial charge in [0.05, 0.1) is 6.61 Å². The van der Waals surface area contributed by atoms with E-state index in [9.17, 15) is 4.79 Å². The monoisotopic (exact) mass is 319 g/mol. The lowest BCUT2D eigenvalue weighted by atomic mass is 10.1.